The second kappa shape index (κ2) is 5.28. The Kier molecular flexibility index (Phi) is 4.20. The molecule has 0 aliphatic rings. The number of alkyl halides is 3. The lowest BCUT2D eigenvalue weighted by Crippen LogP contribution is -2.42. The molecule has 1 amide bonds. The summed E-state index contributed by atoms with van der Waals surface area (Å²) in [6.45, 7) is 1.41. The molecule has 5 nitrogen and oxygen atoms in total. The van der Waals surface area contributed by atoms with Crippen LogP contribution in [0.5, 0.6) is 5.88 Å². The van der Waals surface area contributed by atoms with Gasteiger partial charge in [0.1, 0.15) is 6.10 Å². The zero-order valence-electron chi connectivity index (χ0n) is 10.2. The third-order valence-corrected chi connectivity index (χ3v) is 2.22. The van der Waals surface area contributed by atoms with E-state index in [1.807, 2.05) is 0 Å². The highest BCUT2D eigenvalue weighted by molar-refractivity contribution is 5.81. The van der Waals surface area contributed by atoms with Crippen molar-refractivity contribution >= 4 is 5.91 Å². The lowest BCUT2D eigenvalue weighted by molar-refractivity contribution is -0.184. The molecular formula is C10H14F3N3O2. The number of aryl methyl sites for hydroxylation is 1. The lowest BCUT2D eigenvalue weighted by Gasteiger charge is -2.23. The minimum absolute atomic E-state index is 0.163. The van der Waals surface area contributed by atoms with Gasteiger partial charge >= 0.3 is 12.1 Å². The van der Waals surface area contributed by atoms with E-state index in [0.717, 1.165) is 7.05 Å². The zero-order chi connectivity index (χ0) is 13.9. The first kappa shape index (κ1) is 14.3. The number of carbonyl (C=O) groups excluding carboxylic acids is 1. The number of halogens is 3. The summed E-state index contributed by atoms with van der Waals surface area (Å²) >= 11 is 0. The predicted molar refractivity (Wildman–Crippen MR) is 57.0 cm³/mol. The summed E-state index contributed by atoms with van der Waals surface area (Å²) in [6.07, 6.45) is -3.93. The summed E-state index contributed by atoms with van der Waals surface area (Å²) in [7, 11) is 2.73. The Balaban J connectivity index is 2.53. The predicted octanol–water partition coefficient (Wildman–Crippen LogP) is 1.21. The first-order chi connectivity index (χ1) is 8.21. The van der Waals surface area contributed by atoms with Crippen molar-refractivity contribution in [3.63, 3.8) is 0 Å². The average Bonchev–Trinajstić information content (AvgIpc) is 2.61. The van der Waals surface area contributed by atoms with E-state index in [2.05, 4.69) is 5.10 Å². The minimum Gasteiger partial charge on any atom is -0.473 e. The quantitative estimate of drug-likeness (QED) is 0.822. The molecule has 0 aromatic carbocycles. The molecule has 0 saturated heterocycles. The van der Waals surface area contributed by atoms with Crippen LogP contribution in [0.15, 0.2) is 12.3 Å². The molecule has 0 aliphatic heterocycles. The van der Waals surface area contributed by atoms with Crippen LogP contribution in [0, 0.1) is 0 Å². The molecule has 0 fully saturated rings. The maximum absolute atomic E-state index is 12.1. The van der Waals surface area contributed by atoms with Crippen LogP contribution in [-0.2, 0) is 11.8 Å². The monoisotopic (exact) mass is 265 g/mol. The van der Waals surface area contributed by atoms with E-state index in [1.165, 1.54) is 10.9 Å². The Morgan fingerprint density at radius 2 is 2.22 bits per heavy atom. The Morgan fingerprint density at radius 1 is 1.61 bits per heavy atom. The standard InChI is InChI=1S/C10H14F3N3O2/c1-7(18-8-4-5-14-16(8)3)6-15(2)9(17)10(11,12)13/h4-5,7H,6H2,1-3H3. The molecule has 1 atom stereocenters. The molecule has 102 valence electrons. The van der Waals surface area contributed by atoms with Crippen molar-refractivity contribution in [2.45, 2.75) is 19.2 Å². The second-order valence-electron chi connectivity index (χ2n) is 3.90. The van der Waals surface area contributed by atoms with Gasteiger partial charge in [0.15, 0.2) is 0 Å². The summed E-state index contributed by atoms with van der Waals surface area (Å²) in [4.78, 5) is 11.5. The molecule has 0 aliphatic carbocycles. The van der Waals surface area contributed by atoms with Gasteiger partial charge in [0.2, 0.25) is 5.88 Å². The number of hydrogen-bond donors (Lipinski definition) is 0. The highest BCUT2D eigenvalue weighted by Crippen LogP contribution is 2.18. The smallest absolute Gasteiger partial charge is 0.471 e. The van der Waals surface area contributed by atoms with Gasteiger partial charge in [-0.1, -0.05) is 0 Å². The maximum Gasteiger partial charge on any atom is 0.471 e. The highest BCUT2D eigenvalue weighted by atomic mass is 19.4. The van der Waals surface area contributed by atoms with E-state index in [1.54, 1.807) is 20.0 Å². The number of likely N-dealkylation sites (N-methyl/N-ethyl adjacent to an activating group) is 1. The van der Waals surface area contributed by atoms with Crippen molar-refractivity contribution in [3.8, 4) is 5.88 Å². The van der Waals surface area contributed by atoms with Gasteiger partial charge < -0.3 is 9.64 Å². The first-order valence-electron chi connectivity index (χ1n) is 5.18. The van der Waals surface area contributed by atoms with Crippen molar-refractivity contribution < 1.29 is 22.7 Å². The summed E-state index contributed by atoms with van der Waals surface area (Å²) in [5, 5.41) is 3.85. The molecule has 1 heterocycles. The fourth-order valence-corrected chi connectivity index (χ4v) is 1.41. The van der Waals surface area contributed by atoms with E-state index in [4.69, 9.17) is 4.74 Å². The van der Waals surface area contributed by atoms with Gasteiger partial charge in [0, 0.05) is 20.2 Å². The SMILES string of the molecule is CC(CN(C)C(=O)C(F)(F)F)Oc1ccnn1C. The van der Waals surface area contributed by atoms with E-state index in [0.29, 0.717) is 10.8 Å². The number of rotatable bonds is 4. The average molecular weight is 265 g/mol. The maximum atomic E-state index is 12.1. The van der Waals surface area contributed by atoms with Gasteiger partial charge in [-0.15, -0.1) is 0 Å². The molecule has 1 unspecified atom stereocenters. The Labute approximate surface area is 102 Å². The number of aromatic nitrogens is 2. The largest absolute Gasteiger partial charge is 0.473 e. The molecule has 8 heteroatoms. The first-order valence-corrected chi connectivity index (χ1v) is 5.18. The summed E-state index contributed by atoms with van der Waals surface area (Å²) in [6, 6.07) is 1.59. The van der Waals surface area contributed by atoms with Gasteiger partial charge in [0.25, 0.3) is 0 Å². The van der Waals surface area contributed by atoms with E-state index >= 15 is 0 Å². The Hall–Kier alpha value is -1.73. The minimum atomic E-state index is -4.86. The molecule has 18 heavy (non-hydrogen) atoms. The molecule has 1 rings (SSSR count). The van der Waals surface area contributed by atoms with Gasteiger partial charge in [-0.05, 0) is 6.92 Å². The number of hydrogen-bond acceptors (Lipinski definition) is 3. The molecule has 1 aromatic rings. The third-order valence-electron chi connectivity index (χ3n) is 2.22. The van der Waals surface area contributed by atoms with Crippen LogP contribution in [0.2, 0.25) is 0 Å². The van der Waals surface area contributed by atoms with Crippen molar-refractivity contribution in [2.75, 3.05) is 13.6 Å². The lowest BCUT2D eigenvalue weighted by atomic mass is 10.3. The number of amides is 1. The molecule has 0 radical (unpaired) electrons. The molecule has 0 N–H and O–H groups in total. The van der Waals surface area contributed by atoms with Crippen molar-refractivity contribution in [1.29, 1.82) is 0 Å². The van der Waals surface area contributed by atoms with E-state index in [-0.39, 0.29) is 6.54 Å². The van der Waals surface area contributed by atoms with Crippen molar-refractivity contribution in [1.82, 2.24) is 14.7 Å². The van der Waals surface area contributed by atoms with Crippen LogP contribution in [0.4, 0.5) is 13.2 Å². The zero-order valence-corrected chi connectivity index (χ0v) is 10.2. The fraction of sp³-hybridized carbons (Fsp3) is 0.600. The Bertz CT molecular complexity index is 417. The van der Waals surface area contributed by atoms with Gasteiger partial charge in [0.05, 0.1) is 12.7 Å². The molecule has 0 bridgehead atoms. The topological polar surface area (TPSA) is 47.4 Å². The van der Waals surface area contributed by atoms with Crippen molar-refractivity contribution in [2.24, 2.45) is 7.05 Å². The number of carbonyl (C=O) groups is 1. The summed E-state index contributed by atoms with van der Waals surface area (Å²) in [5.74, 6) is -1.46. The fourth-order valence-electron chi connectivity index (χ4n) is 1.41. The highest BCUT2D eigenvalue weighted by Gasteiger charge is 2.41. The Morgan fingerprint density at radius 3 is 2.67 bits per heavy atom. The molecule has 1 aromatic heterocycles. The van der Waals surface area contributed by atoms with Crippen LogP contribution < -0.4 is 4.74 Å². The molecular weight excluding hydrogens is 251 g/mol. The van der Waals surface area contributed by atoms with Crippen LogP contribution >= 0.6 is 0 Å². The van der Waals surface area contributed by atoms with Crippen LogP contribution in [0.1, 0.15) is 6.92 Å². The number of nitrogens with zero attached hydrogens (tertiary/aromatic N) is 3. The van der Waals surface area contributed by atoms with Crippen LogP contribution in [0.25, 0.3) is 0 Å². The number of ether oxygens (including phenoxy) is 1. The van der Waals surface area contributed by atoms with Crippen molar-refractivity contribution in [3.05, 3.63) is 12.3 Å². The molecule has 0 saturated carbocycles. The summed E-state index contributed by atoms with van der Waals surface area (Å²) in [5.41, 5.74) is 0. The van der Waals surface area contributed by atoms with Crippen LogP contribution in [0.3, 0.4) is 0 Å². The van der Waals surface area contributed by atoms with Gasteiger partial charge in [-0.3, -0.25) is 4.79 Å². The van der Waals surface area contributed by atoms with E-state index < -0.39 is 18.2 Å². The van der Waals surface area contributed by atoms with Gasteiger partial charge in [-0.2, -0.15) is 18.3 Å². The molecule has 0 spiro atoms. The third kappa shape index (κ3) is 3.64. The van der Waals surface area contributed by atoms with Crippen LogP contribution in [-0.4, -0.2) is 46.5 Å². The van der Waals surface area contributed by atoms with E-state index in [9.17, 15) is 18.0 Å². The van der Waals surface area contributed by atoms with Gasteiger partial charge in [-0.25, -0.2) is 4.68 Å². The second-order valence-corrected chi connectivity index (χ2v) is 3.90. The summed E-state index contributed by atoms with van der Waals surface area (Å²) < 4.78 is 43.2. The normalized spacial score (nSPS) is 13.2.